The van der Waals surface area contributed by atoms with Crippen LogP contribution in [0.3, 0.4) is 0 Å². The van der Waals surface area contributed by atoms with Crippen molar-refractivity contribution in [1.82, 2.24) is 4.90 Å². The molecule has 130 valence electrons. The van der Waals surface area contributed by atoms with Crippen LogP contribution in [-0.2, 0) is 11.2 Å². The van der Waals surface area contributed by atoms with E-state index in [9.17, 15) is 9.18 Å². The predicted molar refractivity (Wildman–Crippen MR) is 96.7 cm³/mol. The number of benzene rings is 2. The molecule has 1 aliphatic heterocycles. The van der Waals surface area contributed by atoms with Crippen molar-refractivity contribution in [1.29, 1.82) is 0 Å². The van der Waals surface area contributed by atoms with Gasteiger partial charge in [0.2, 0.25) is 5.91 Å². The van der Waals surface area contributed by atoms with Crippen molar-refractivity contribution in [2.45, 2.75) is 44.6 Å². The first-order valence-electron chi connectivity index (χ1n) is 9.35. The number of nitrogens with zero attached hydrogens (tertiary/aromatic N) is 1. The molecule has 0 radical (unpaired) electrons. The second-order valence-corrected chi connectivity index (χ2v) is 7.34. The maximum absolute atomic E-state index is 13.4. The van der Waals surface area contributed by atoms with Gasteiger partial charge in [-0.05, 0) is 54.0 Å². The van der Waals surface area contributed by atoms with Gasteiger partial charge in [-0.2, -0.15) is 0 Å². The van der Waals surface area contributed by atoms with E-state index in [2.05, 4.69) is 18.2 Å². The average molecular weight is 337 g/mol. The van der Waals surface area contributed by atoms with E-state index in [0.717, 1.165) is 18.5 Å². The van der Waals surface area contributed by atoms with E-state index in [4.69, 9.17) is 0 Å². The van der Waals surface area contributed by atoms with Gasteiger partial charge in [-0.25, -0.2) is 4.39 Å². The molecule has 1 saturated carbocycles. The van der Waals surface area contributed by atoms with Crippen molar-refractivity contribution in [3.63, 3.8) is 0 Å². The zero-order valence-electron chi connectivity index (χ0n) is 14.5. The molecule has 1 aliphatic carbocycles. The van der Waals surface area contributed by atoms with Gasteiger partial charge >= 0.3 is 0 Å². The number of rotatable bonds is 3. The standard InChI is InChI=1S/C22H24FNO/c23-19-11-9-18(10-12-19)22-20-8-4-3-7-17(20)13-14-24(22)21(25)15-16-5-1-2-6-16/h3-4,7-12,16,22H,1-2,5-6,13-15H2. The lowest BCUT2D eigenvalue weighted by Crippen LogP contribution is -2.41. The van der Waals surface area contributed by atoms with Gasteiger partial charge in [0.05, 0.1) is 6.04 Å². The van der Waals surface area contributed by atoms with Crippen molar-refractivity contribution >= 4 is 5.91 Å². The molecule has 1 fully saturated rings. The molecule has 25 heavy (non-hydrogen) atoms. The molecule has 1 heterocycles. The van der Waals surface area contributed by atoms with E-state index in [1.54, 1.807) is 0 Å². The van der Waals surface area contributed by atoms with Crippen LogP contribution in [0.4, 0.5) is 4.39 Å². The Balaban J connectivity index is 1.67. The molecular weight excluding hydrogens is 313 g/mol. The minimum Gasteiger partial charge on any atom is -0.331 e. The zero-order valence-corrected chi connectivity index (χ0v) is 14.5. The van der Waals surface area contributed by atoms with Gasteiger partial charge in [0.15, 0.2) is 0 Å². The lowest BCUT2D eigenvalue weighted by molar-refractivity contribution is -0.134. The summed E-state index contributed by atoms with van der Waals surface area (Å²) >= 11 is 0. The van der Waals surface area contributed by atoms with Crippen molar-refractivity contribution in [2.75, 3.05) is 6.54 Å². The van der Waals surface area contributed by atoms with Crippen LogP contribution < -0.4 is 0 Å². The SMILES string of the molecule is O=C(CC1CCCC1)N1CCc2ccccc2C1c1ccc(F)cc1. The number of amides is 1. The molecule has 0 N–H and O–H groups in total. The van der Waals surface area contributed by atoms with Crippen LogP contribution in [0.5, 0.6) is 0 Å². The average Bonchev–Trinajstić information content (AvgIpc) is 3.14. The van der Waals surface area contributed by atoms with Gasteiger partial charge in [0.25, 0.3) is 0 Å². The number of hydrogen-bond acceptors (Lipinski definition) is 1. The molecule has 2 aromatic rings. The molecule has 0 saturated heterocycles. The molecule has 2 aromatic carbocycles. The van der Waals surface area contributed by atoms with Gasteiger partial charge in [0.1, 0.15) is 5.82 Å². The van der Waals surface area contributed by atoms with Crippen molar-refractivity contribution in [3.8, 4) is 0 Å². The van der Waals surface area contributed by atoms with Gasteiger partial charge in [0, 0.05) is 13.0 Å². The van der Waals surface area contributed by atoms with Crippen LogP contribution >= 0.6 is 0 Å². The maximum atomic E-state index is 13.4. The molecule has 0 aromatic heterocycles. The Bertz CT molecular complexity index is 749. The largest absolute Gasteiger partial charge is 0.331 e. The summed E-state index contributed by atoms with van der Waals surface area (Å²) in [6.07, 6.45) is 6.41. The fourth-order valence-corrected chi connectivity index (χ4v) is 4.42. The highest BCUT2D eigenvalue weighted by molar-refractivity contribution is 5.78. The highest BCUT2D eigenvalue weighted by Gasteiger charge is 2.33. The number of carbonyl (C=O) groups excluding carboxylic acids is 1. The van der Waals surface area contributed by atoms with Crippen molar-refractivity contribution in [3.05, 3.63) is 71.0 Å². The number of hydrogen-bond donors (Lipinski definition) is 0. The Labute approximate surface area is 148 Å². The summed E-state index contributed by atoms with van der Waals surface area (Å²) in [7, 11) is 0. The second-order valence-electron chi connectivity index (χ2n) is 7.34. The normalized spacial score (nSPS) is 20.5. The molecule has 2 aliphatic rings. The number of carbonyl (C=O) groups is 1. The first-order chi connectivity index (χ1) is 12.2. The lowest BCUT2D eigenvalue weighted by Gasteiger charge is -2.38. The van der Waals surface area contributed by atoms with E-state index >= 15 is 0 Å². The maximum Gasteiger partial charge on any atom is 0.223 e. The smallest absolute Gasteiger partial charge is 0.223 e. The molecule has 1 atom stereocenters. The Hall–Kier alpha value is -2.16. The third-order valence-corrected chi connectivity index (χ3v) is 5.73. The summed E-state index contributed by atoms with van der Waals surface area (Å²) in [5.41, 5.74) is 3.47. The molecule has 4 rings (SSSR count). The third-order valence-electron chi connectivity index (χ3n) is 5.73. The van der Waals surface area contributed by atoms with E-state index in [1.807, 2.05) is 23.1 Å². The minimum absolute atomic E-state index is 0.0977. The second kappa shape index (κ2) is 6.99. The fourth-order valence-electron chi connectivity index (χ4n) is 4.42. The van der Waals surface area contributed by atoms with Crippen LogP contribution in [0.15, 0.2) is 48.5 Å². The first-order valence-corrected chi connectivity index (χ1v) is 9.35. The number of halogens is 1. The van der Waals surface area contributed by atoms with Gasteiger partial charge < -0.3 is 4.90 Å². The summed E-state index contributed by atoms with van der Waals surface area (Å²) in [4.78, 5) is 15.1. The fraction of sp³-hybridized carbons (Fsp3) is 0.409. The van der Waals surface area contributed by atoms with Gasteiger partial charge in [-0.15, -0.1) is 0 Å². The summed E-state index contributed by atoms with van der Waals surface area (Å²) in [6, 6.07) is 14.9. The predicted octanol–water partition coefficient (Wildman–Crippen LogP) is 4.88. The Morgan fingerprint density at radius 3 is 2.52 bits per heavy atom. The molecule has 1 unspecified atom stereocenters. The van der Waals surface area contributed by atoms with Crippen LogP contribution in [0.1, 0.15) is 54.8 Å². The first kappa shape index (κ1) is 16.3. The van der Waals surface area contributed by atoms with Crippen LogP contribution in [0.25, 0.3) is 0 Å². The molecule has 0 spiro atoms. The highest BCUT2D eigenvalue weighted by Crippen LogP contribution is 2.37. The van der Waals surface area contributed by atoms with E-state index in [1.165, 1.54) is 48.9 Å². The van der Waals surface area contributed by atoms with Crippen molar-refractivity contribution < 1.29 is 9.18 Å². The molecule has 0 bridgehead atoms. The van der Waals surface area contributed by atoms with Gasteiger partial charge in [-0.1, -0.05) is 49.2 Å². The van der Waals surface area contributed by atoms with Gasteiger partial charge in [-0.3, -0.25) is 4.79 Å². The summed E-state index contributed by atoms with van der Waals surface area (Å²) in [5.74, 6) is 0.547. The monoisotopic (exact) mass is 337 g/mol. The molecular formula is C22H24FNO. The van der Waals surface area contributed by atoms with Crippen LogP contribution in [-0.4, -0.2) is 17.4 Å². The third kappa shape index (κ3) is 3.33. The minimum atomic E-state index is -0.239. The Kier molecular flexibility index (Phi) is 4.56. The van der Waals surface area contributed by atoms with E-state index < -0.39 is 0 Å². The Morgan fingerprint density at radius 1 is 1.04 bits per heavy atom. The van der Waals surface area contributed by atoms with Crippen LogP contribution in [0, 0.1) is 11.7 Å². The van der Waals surface area contributed by atoms with Crippen LogP contribution in [0.2, 0.25) is 0 Å². The molecule has 1 amide bonds. The molecule has 2 nitrogen and oxygen atoms in total. The lowest BCUT2D eigenvalue weighted by atomic mass is 9.87. The molecule has 3 heteroatoms. The Morgan fingerprint density at radius 2 is 1.76 bits per heavy atom. The summed E-state index contributed by atoms with van der Waals surface area (Å²) < 4.78 is 13.4. The quantitative estimate of drug-likeness (QED) is 0.782. The van der Waals surface area contributed by atoms with E-state index in [-0.39, 0.29) is 17.8 Å². The number of fused-ring (bicyclic) bond motifs is 1. The highest BCUT2D eigenvalue weighted by atomic mass is 19.1. The summed E-state index contributed by atoms with van der Waals surface area (Å²) in [5, 5.41) is 0. The summed E-state index contributed by atoms with van der Waals surface area (Å²) in [6.45, 7) is 0.741. The van der Waals surface area contributed by atoms with E-state index in [0.29, 0.717) is 12.3 Å². The topological polar surface area (TPSA) is 20.3 Å². The zero-order chi connectivity index (χ0) is 17.2. The van der Waals surface area contributed by atoms with Crippen molar-refractivity contribution in [2.24, 2.45) is 5.92 Å².